The molecule has 0 saturated heterocycles. The Bertz CT molecular complexity index is 776. The first-order chi connectivity index (χ1) is 22.9. The van der Waals surface area contributed by atoms with Crippen molar-refractivity contribution in [3.8, 4) is 0 Å². The fraction of sp³-hybridized carbons (Fsp3) is 0.925. The van der Waals surface area contributed by atoms with Crippen LogP contribution in [0.2, 0.25) is 0 Å². The second kappa shape index (κ2) is 30.4. The highest BCUT2D eigenvalue weighted by molar-refractivity contribution is 5.84. The van der Waals surface area contributed by atoms with Crippen LogP contribution in [0.4, 0.5) is 0 Å². The first-order valence-corrected chi connectivity index (χ1v) is 20.3. The molecule has 0 bridgehead atoms. The van der Waals surface area contributed by atoms with Gasteiger partial charge in [0.2, 0.25) is 5.91 Å². The van der Waals surface area contributed by atoms with Gasteiger partial charge in [-0.05, 0) is 56.9 Å². The third-order valence-electron chi connectivity index (χ3n) is 10.1. The average molecular weight is 665 g/mol. The molecule has 1 fully saturated rings. The highest BCUT2D eigenvalue weighted by Crippen LogP contribution is 2.45. The van der Waals surface area contributed by atoms with E-state index < -0.39 is 18.1 Å². The number of aliphatic carboxylic acids is 1. The molecular weight excluding hydrogens is 588 g/mol. The Morgan fingerprint density at radius 2 is 1.13 bits per heavy atom. The van der Waals surface area contributed by atoms with Crippen LogP contribution in [-0.2, 0) is 19.1 Å². The quantitative estimate of drug-likeness (QED) is 0.0458. The summed E-state index contributed by atoms with van der Waals surface area (Å²) < 4.78 is 5.80. The minimum absolute atomic E-state index is 0.0103. The van der Waals surface area contributed by atoms with Gasteiger partial charge in [-0.15, -0.1) is 0 Å². The molecule has 7 heteroatoms. The zero-order valence-corrected chi connectivity index (χ0v) is 30.9. The van der Waals surface area contributed by atoms with E-state index in [1.807, 2.05) is 0 Å². The third-order valence-corrected chi connectivity index (χ3v) is 10.1. The van der Waals surface area contributed by atoms with E-state index in [0.717, 1.165) is 50.4 Å². The molecule has 1 amide bonds. The van der Waals surface area contributed by atoms with Crippen molar-refractivity contribution < 1.29 is 24.2 Å². The van der Waals surface area contributed by atoms with Crippen LogP contribution >= 0.6 is 0 Å². The van der Waals surface area contributed by atoms with E-state index in [2.05, 4.69) is 19.2 Å². The van der Waals surface area contributed by atoms with Crippen LogP contribution < -0.4 is 11.1 Å². The Hall–Kier alpha value is -1.63. The van der Waals surface area contributed by atoms with Crippen molar-refractivity contribution in [3.05, 3.63) is 0 Å². The van der Waals surface area contributed by atoms with Crippen molar-refractivity contribution in [2.24, 2.45) is 17.6 Å². The number of hydrogen-bond acceptors (Lipinski definition) is 5. The van der Waals surface area contributed by atoms with Crippen LogP contribution in [0.3, 0.4) is 0 Å². The van der Waals surface area contributed by atoms with Crippen molar-refractivity contribution in [3.63, 3.8) is 0 Å². The molecule has 1 saturated carbocycles. The number of carbonyl (C=O) groups is 3. The fourth-order valence-corrected chi connectivity index (χ4v) is 6.93. The zero-order valence-electron chi connectivity index (χ0n) is 30.9. The number of carbonyl (C=O) groups excluding carboxylic acids is 2. The number of amides is 1. The maximum absolute atomic E-state index is 12.7. The SMILES string of the molecule is CCCCCCCCCCCCCC(CC(=O)N[C@@H](CCCN)C(=O)O)OC(=O)CCCCCCCCCC1CC1CCCCCC. The van der Waals surface area contributed by atoms with E-state index >= 15 is 0 Å². The minimum atomic E-state index is -1.06. The molecule has 47 heavy (non-hydrogen) atoms. The summed E-state index contributed by atoms with van der Waals surface area (Å²) in [5, 5.41) is 12.1. The summed E-state index contributed by atoms with van der Waals surface area (Å²) >= 11 is 0. The topological polar surface area (TPSA) is 119 Å². The number of ether oxygens (including phenoxy) is 1. The van der Waals surface area contributed by atoms with E-state index in [-0.39, 0.29) is 18.3 Å². The summed E-state index contributed by atoms with van der Waals surface area (Å²) in [6, 6.07) is -0.963. The Morgan fingerprint density at radius 3 is 1.64 bits per heavy atom. The molecule has 0 radical (unpaired) electrons. The van der Waals surface area contributed by atoms with Gasteiger partial charge in [0.05, 0.1) is 6.42 Å². The van der Waals surface area contributed by atoms with Gasteiger partial charge in [-0.1, -0.05) is 155 Å². The molecule has 1 aliphatic carbocycles. The van der Waals surface area contributed by atoms with Crippen LogP contribution in [0.25, 0.3) is 0 Å². The number of carboxylic acids is 1. The van der Waals surface area contributed by atoms with Crippen molar-refractivity contribution >= 4 is 17.8 Å². The van der Waals surface area contributed by atoms with Gasteiger partial charge in [0.25, 0.3) is 0 Å². The van der Waals surface area contributed by atoms with Crippen molar-refractivity contribution in [2.75, 3.05) is 6.54 Å². The predicted molar refractivity (Wildman–Crippen MR) is 195 cm³/mol. The lowest BCUT2D eigenvalue weighted by Crippen LogP contribution is -2.42. The van der Waals surface area contributed by atoms with Gasteiger partial charge in [-0.3, -0.25) is 9.59 Å². The van der Waals surface area contributed by atoms with Gasteiger partial charge in [0.15, 0.2) is 0 Å². The predicted octanol–water partition coefficient (Wildman–Crippen LogP) is 10.4. The summed E-state index contributed by atoms with van der Waals surface area (Å²) in [4.78, 5) is 37.0. The third kappa shape index (κ3) is 26.0. The number of hydrogen-bond donors (Lipinski definition) is 3. The number of nitrogens with two attached hydrogens (primary N) is 1. The van der Waals surface area contributed by atoms with E-state index in [0.29, 0.717) is 32.2 Å². The lowest BCUT2D eigenvalue weighted by Gasteiger charge is -2.20. The summed E-state index contributed by atoms with van der Waals surface area (Å²) in [7, 11) is 0. The summed E-state index contributed by atoms with van der Waals surface area (Å²) in [5.74, 6) is 0.373. The molecule has 1 aliphatic rings. The van der Waals surface area contributed by atoms with Gasteiger partial charge in [0.1, 0.15) is 12.1 Å². The molecule has 1 rings (SSSR count). The number of rotatable bonds is 35. The van der Waals surface area contributed by atoms with Crippen LogP contribution in [-0.4, -0.2) is 41.6 Å². The van der Waals surface area contributed by atoms with E-state index in [4.69, 9.17) is 10.5 Å². The maximum atomic E-state index is 12.7. The molecule has 0 spiro atoms. The molecule has 276 valence electrons. The van der Waals surface area contributed by atoms with Crippen molar-refractivity contribution in [2.45, 2.75) is 219 Å². The molecule has 0 heterocycles. The lowest BCUT2D eigenvalue weighted by molar-refractivity contribution is -0.151. The van der Waals surface area contributed by atoms with Gasteiger partial charge in [-0.25, -0.2) is 4.79 Å². The molecule has 0 aromatic heterocycles. The highest BCUT2D eigenvalue weighted by atomic mass is 16.5. The molecule has 7 nitrogen and oxygen atoms in total. The largest absolute Gasteiger partial charge is 0.480 e. The normalized spacial score (nSPS) is 16.9. The van der Waals surface area contributed by atoms with Crippen molar-refractivity contribution in [1.82, 2.24) is 5.32 Å². The standard InChI is InChI=1S/C40H76N2O5/c1-3-5-7-9-10-11-12-13-16-19-23-28-36(33-38(43)42-37(40(45)46)29-25-31-41)47-39(44)30-24-20-17-14-15-18-22-27-35-32-34(35)26-21-8-6-4-2/h34-37H,3-33,41H2,1-2H3,(H,42,43)(H,45,46)/t34?,35?,36?,37-/m0/s1. The van der Waals surface area contributed by atoms with E-state index in [1.54, 1.807) is 0 Å². The Kier molecular flexibility index (Phi) is 28.1. The van der Waals surface area contributed by atoms with E-state index in [1.165, 1.54) is 122 Å². The first kappa shape index (κ1) is 43.4. The Balaban J connectivity index is 2.26. The number of nitrogens with one attached hydrogen (secondary N) is 1. The van der Waals surface area contributed by atoms with Gasteiger partial charge < -0.3 is 20.9 Å². The molecule has 3 unspecified atom stereocenters. The molecular formula is C40H76N2O5. The molecule has 4 N–H and O–H groups in total. The van der Waals surface area contributed by atoms with Gasteiger partial charge in [-0.2, -0.15) is 0 Å². The van der Waals surface area contributed by atoms with Gasteiger partial charge >= 0.3 is 11.9 Å². The van der Waals surface area contributed by atoms with Crippen molar-refractivity contribution in [1.29, 1.82) is 0 Å². The summed E-state index contributed by atoms with van der Waals surface area (Å²) in [6.07, 6.45) is 33.0. The molecule has 0 aromatic carbocycles. The van der Waals surface area contributed by atoms with Crippen LogP contribution in [0, 0.1) is 11.8 Å². The number of carboxylic acid groups (broad SMARTS) is 1. The monoisotopic (exact) mass is 665 g/mol. The second-order valence-corrected chi connectivity index (χ2v) is 14.6. The molecule has 4 atom stereocenters. The molecule has 0 aromatic rings. The minimum Gasteiger partial charge on any atom is -0.480 e. The van der Waals surface area contributed by atoms with Gasteiger partial charge in [0, 0.05) is 6.42 Å². The Morgan fingerprint density at radius 1 is 0.660 bits per heavy atom. The second-order valence-electron chi connectivity index (χ2n) is 14.6. The van der Waals surface area contributed by atoms with Crippen LogP contribution in [0.5, 0.6) is 0 Å². The summed E-state index contributed by atoms with van der Waals surface area (Å²) in [6.45, 7) is 4.90. The first-order valence-electron chi connectivity index (χ1n) is 20.3. The summed E-state index contributed by atoms with van der Waals surface area (Å²) in [5.41, 5.74) is 5.53. The van der Waals surface area contributed by atoms with Crippen LogP contribution in [0.15, 0.2) is 0 Å². The number of unbranched alkanes of at least 4 members (excludes halogenated alkanes) is 19. The number of esters is 1. The zero-order chi connectivity index (χ0) is 34.4. The Labute approximate surface area is 289 Å². The lowest BCUT2D eigenvalue weighted by atomic mass is 10.0. The highest BCUT2D eigenvalue weighted by Gasteiger charge is 2.35. The maximum Gasteiger partial charge on any atom is 0.326 e. The molecule has 0 aliphatic heterocycles. The fourth-order valence-electron chi connectivity index (χ4n) is 6.93. The van der Waals surface area contributed by atoms with Crippen LogP contribution in [0.1, 0.15) is 206 Å². The van der Waals surface area contributed by atoms with E-state index in [9.17, 15) is 19.5 Å². The average Bonchev–Trinajstić information content (AvgIpc) is 3.80. The smallest absolute Gasteiger partial charge is 0.326 e.